The van der Waals surface area contributed by atoms with Gasteiger partial charge in [0.25, 0.3) is 11.8 Å². The fraction of sp³-hybridized carbons (Fsp3) is 0.333. The minimum absolute atomic E-state index is 0. The van der Waals surface area contributed by atoms with Crippen molar-refractivity contribution >= 4 is 52.3 Å². The lowest BCUT2D eigenvalue weighted by molar-refractivity contribution is 0.1000. The van der Waals surface area contributed by atoms with Gasteiger partial charge < -0.3 is 11.1 Å². The minimum Gasteiger partial charge on any atom is -0.365 e. The number of amides is 2. The Morgan fingerprint density at radius 1 is 1.31 bits per heavy atom. The molecular formula is C18H22ClN3O2S2. The van der Waals surface area contributed by atoms with Crippen LogP contribution in [0.1, 0.15) is 38.1 Å². The number of nitrogens with zero attached hydrogens (tertiary/aromatic N) is 1. The molecular weight excluding hydrogens is 390 g/mol. The third-order valence-corrected chi connectivity index (χ3v) is 6.28. The minimum atomic E-state index is -0.476. The maximum atomic E-state index is 12.5. The molecule has 1 aromatic heterocycles. The lowest BCUT2D eigenvalue weighted by Crippen LogP contribution is -2.30. The predicted molar refractivity (Wildman–Crippen MR) is 111 cm³/mol. The topological polar surface area (TPSA) is 75.4 Å². The Bertz CT molecular complexity index is 806. The van der Waals surface area contributed by atoms with Crippen molar-refractivity contribution in [1.82, 2.24) is 4.90 Å². The van der Waals surface area contributed by atoms with Gasteiger partial charge in [0.15, 0.2) is 0 Å². The summed E-state index contributed by atoms with van der Waals surface area (Å²) in [6.07, 6.45) is 2.78. The molecule has 0 saturated carbocycles. The summed E-state index contributed by atoms with van der Waals surface area (Å²) >= 11 is 3.09. The van der Waals surface area contributed by atoms with Gasteiger partial charge in [-0.15, -0.1) is 35.5 Å². The van der Waals surface area contributed by atoms with Gasteiger partial charge in [0.05, 0.1) is 5.56 Å². The Balaban J connectivity index is 0.00000243. The monoisotopic (exact) mass is 411 g/mol. The third-order valence-electron chi connectivity index (χ3n) is 4.41. The Morgan fingerprint density at radius 3 is 2.58 bits per heavy atom. The number of halogens is 1. The van der Waals surface area contributed by atoms with Crippen molar-refractivity contribution in [3.8, 4) is 0 Å². The molecule has 1 aliphatic heterocycles. The third kappa shape index (κ3) is 4.23. The molecule has 3 N–H and O–H groups in total. The van der Waals surface area contributed by atoms with E-state index in [1.165, 1.54) is 11.3 Å². The van der Waals surface area contributed by atoms with Crippen molar-refractivity contribution in [1.29, 1.82) is 0 Å². The summed E-state index contributed by atoms with van der Waals surface area (Å²) in [6.45, 7) is 4.79. The van der Waals surface area contributed by atoms with Crippen LogP contribution in [0.3, 0.4) is 0 Å². The summed E-state index contributed by atoms with van der Waals surface area (Å²) in [5.74, 6) is -0.698. The number of primary amides is 1. The molecule has 0 atom stereocenters. The molecule has 0 aliphatic carbocycles. The summed E-state index contributed by atoms with van der Waals surface area (Å²) in [5, 5.41) is 3.45. The molecule has 1 aliphatic rings. The van der Waals surface area contributed by atoms with E-state index in [-0.39, 0.29) is 18.3 Å². The van der Waals surface area contributed by atoms with Crippen LogP contribution in [-0.4, -0.2) is 36.1 Å². The molecule has 0 spiro atoms. The number of carbonyl (C=O) groups is 2. The van der Waals surface area contributed by atoms with Gasteiger partial charge >= 0.3 is 0 Å². The first-order valence-corrected chi connectivity index (χ1v) is 10.2. The molecule has 0 radical (unpaired) electrons. The maximum Gasteiger partial charge on any atom is 0.256 e. The van der Waals surface area contributed by atoms with Crippen LogP contribution in [0.25, 0.3) is 0 Å². The molecule has 8 heteroatoms. The number of thioether (sulfide) groups is 1. The van der Waals surface area contributed by atoms with E-state index in [2.05, 4.69) is 17.1 Å². The Hall–Kier alpha value is -1.54. The highest BCUT2D eigenvalue weighted by molar-refractivity contribution is 7.98. The first kappa shape index (κ1) is 20.8. The zero-order valence-corrected chi connectivity index (χ0v) is 17.2. The summed E-state index contributed by atoms with van der Waals surface area (Å²) in [7, 11) is 0. The second-order valence-electron chi connectivity index (χ2n) is 5.87. The number of nitrogens with two attached hydrogens (primary N) is 1. The average Bonchev–Trinajstić information content (AvgIpc) is 2.98. The molecule has 3 rings (SSSR count). The normalized spacial score (nSPS) is 13.6. The highest BCUT2D eigenvalue weighted by Gasteiger charge is 2.27. The van der Waals surface area contributed by atoms with Crippen LogP contribution in [0, 0.1) is 0 Å². The van der Waals surface area contributed by atoms with Gasteiger partial charge in [-0.05, 0) is 49.1 Å². The number of fused-ring (bicyclic) bond motifs is 1. The van der Waals surface area contributed by atoms with Crippen molar-refractivity contribution in [3.05, 3.63) is 45.8 Å². The molecule has 2 amide bonds. The van der Waals surface area contributed by atoms with E-state index >= 15 is 0 Å². The van der Waals surface area contributed by atoms with Crippen LogP contribution in [0.2, 0.25) is 0 Å². The Kier molecular flexibility index (Phi) is 7.11. The van der Waals surface area contributed by atoms with E-state index in [9.17, 15) is 9.59 Å². The molecule has 5 nitrogen and oxygen atoms in total. The average molecular weight is 412 g/mol. The number of thiophene rings is 1. The van der Waals surface area contributed by atoms with E-state index in [0.717, 1.165) is 41.4 Å². The van der Waals surface area contributed by atoms with Crippen molar-refractivity contribution < 1.29 is 9.59 Å². The number of hydrogen-bond donors (Lipinski definition) is 2. The molecule has 0 unspecified atom stereocenters. The number of benzene rings is 1. The van der Waals surface area contributed by atoms with Gasteiger partial charge in [-0.25, -0.2) is 0 Å². The van der Waals surface area contributed by atoms with Crippen molar-refractivity contribution in [2.75, 3.05) is 24.7 Å². The molecule has 0 saturated heterocycles. The predicted octanol–water partition coefficient (Wildman–Crippen LogP) is 3.62. The second-order valence-corrected chi connectivity index (χ2v) is 7.86. The fourth-order valence-corrected chi connectivity index (χ4v) is 4.69. The summed E-state index contributed by atoms with van der Waals surface area (Å²) in [4.78, 5) is 29.1. The van der Waals surface area contributed by atoms with E-state index < -0.39 is 5.91 Å². The Morgan fingerprint density at radius 2 is 2.00 bits per heavy atom. The lowest BCUT2D eigenvalue weighted by Gasteiger charge is -2.25. The molecule has 0 bridgehead atoms. The van der Waals surface area contributed by atoms with Crippen LogP contribution in [0.5, 0.6) is 0 Å². The van der Waals surface area contributed by atoms with E-state index in [1.54, 1.807) is 23.9 Å². The highest BCUT2D eigenvalue weighted by atomic mass is 35.5. The maximum absolute atomic E-state index is 12.5. The SMILES string of the molecule is CCN1CCc2c(sc(NC(=O)c3ccc(SC)cc3)c2C(N)=O)C1.Cl. The number of carbonyl (C=O) groups excluding carboxylic acids is 2. The second kappa shape index (κ2) is 8.90. The standard InChI is InChI=1S/C18H21N3O2S2.ClH/c1-3-21-9-8-13-14(10-21)25-18(15(13)16(19)22)20-17(23)11-4-6-12(24-2)7-5-11;/h4-7H,3,8-10H2,1-2H3,(H2,19,22)(H,20,23);1H. The van der Waals surface area contributed by atoms with Crippen LogP contribution in [0.4, 0.5) is 5.00 Å². The highest BCUT2D eigenvalue weighted by Crippen LogP contribution is 2.37. The fourth-order valence-electron chi connectivity index (χ4n) is 2.99. The van der Waals surface area contributed by atoms with Crippen molar-refractivity contribution in [2.24, 2.45) is 5.73 Å². The number of anilines is 1. The van der Waals surface area contributed by atoms with Gasteiger partial charge in [0, 0.05) is 28.4 Å². The molecule has 26 heavy (non-hydrogen) atoms. The molecule has 140 valence electrons. The summed E-state index contributed by atoms with van der Waals surface area (Å²) in [6, 6.07) is 7.40. The zero-order chi connectivity index (χ0) is 18.0. The first-order valence-electron chi connectivity index (χ1n) is 8.15. The van der Waals surface area contributed by atoms with Crippen molar-refractivity contribution in [3.63, 3.8) is 0 Å². The quantitative estimate of drug-likeness (QED) is 0.737. The summed E-state index contributed by atoms with van der Waals surface area (Å²) < 4.78 is 0. The smallest absolute Gasteiger partial charge is 0.256 e. The zero-order valence-electron chi connectivity index (χ0n) is 14.7. The number of rotatable bonds is 5. The number of likely N-dealkylation sites (N-methyl/N-ethyl adjacent to an activating group) is 1. The van der Waals surface area contributed by atoms with E-state index in [1.807, 2.05) is 18.4 Å². The largest absolute Gasteiger partial charge is 0.365 e. The van der Waals surface area contributed by atoms with Gasteiger partial charge in [0.1, 0.15) is 5.00 Å². The van der Waals surface area contributed by atoms with Gasteiger partial charge in [-0.2, -0.15) is 0 Å². The van der Waals surface area contributed by atoms with Gasteiger partial charge in [-0.1, -0.05) is 6.92 Å². The van der Waals surface area contributed by atoms with Crippen LogP contribution >= 0.6 is 35.5 Å². The van der Waals surface area contributed by atoms with Crippen LogP contribution in [-0.2, 0) is 13.0 Å². The molecule has 0 fully saturated rings. The molecule has 1 aromatic carbocycles. The lowest BCUT2D eigenvalue weighted by atomic mass is 10.0. The van der Waals surface area contributed by atoms with Crippen molar-refractivity contribution in [2.45, 2.75) is 24.8 Å². The first-order chi connectivity index (χ1) is 12.0. The summed E-state index contributed by atoms with van der Waals surface area (Å²) in [5.41, 5.74) is 7.64. The number of nitrogens with one attached hydrogen (secondary N) is 1. The van der Waals surface area contributed by atoms with E-state index in [0.29, 0.717) is 16.1 Å². The molecule has 2 aromatic rings. The van der Waals surface area contributed by atoms with Crippen LogP contribution < -0.4 is 11.1 Å². The Labute approximate surface area is 167 Å². The molecule has 2 heterocycles. The van der Waals surface area contributed by atoms with Gasteiger partial charge in [0.2, 0.25) is 0 Å². The number of hydrogen-bond acceptors (Lipinski definition) is 5. The van der Waals surface area contributed by atoms with E-state index in [4.69, 9.17) is 5.73 Å². The van der Waals surface area contributed by atoms with Gasteiger partial charge in [-0.3, -0.25) is 14.5 Å². The van der Waals surface area contributed by atoms with Crippen LogP contribution in [0.15, 0.2) is 29.2 Å².